The highest BCUT2D eigenvalue weighted by Gasteiger charge is 2.32. The molecule has 0 fully saturated rings. The molecule has 1 aliphatic rings. The third-order valence-electron chi connectivity index (χ3n) is 4.43. The summed E-state index contributed by atoms with van der Waals surface area (Å²) in [7, 11) is 0. The molecule has 6 heteroatoms. The number of nitriles is 1. The number of carbonyl (C=O) groups is 2. The summed E-state index contributed by atoms with van der Waals surface area (Å²) < 4.78 is 5.30. The third-order valence-corrected chi connectivity index (χ3v) is 4.43. The first kappa shape index (κ1) is 18.5. The Morgan fingerprint density at radius 1 is 1.15 bits per heavy atom. The Bertz CT molecular complexity index is 906. The van der Waals surface area contributed by atoms with E-state index in [1.54, 1.807) is 24.3 Å². The second-order valence-corrected chi connectivity index (χ2v) is 6.22. The van der Waals surface area contributed by atoms with E-state index in [1.165, 1.54) is 12.5 Å². The zero-order valence-electron chi connectivity index (χ0n) is 15.1. The Hall–Kier alpha value is -3.33. The van der Waals surface area contributed by atoms with E-state index in [1.807, 2.05) is 6.07 Å². The zero-order chi connectivity index (χ0) is 19.2. The number of rotatable bonds is 6. The summed E-state index contributed by atoms with van der Waals surface area (Å²) in [5, 5.41) is 9.67. The van der Waals surface area contributed by atoms with Gasteiger partial charge < -0.3 is 4.74 Å². The highest BCUT2D eigenvalue weighted by Crippen LogP contribution is 2.36. The number of fused-ring (bicyclic) bond motifs is 2. The Balaban J connectivity index is 2.03. The molecule has 1 aromatic carbocycles. The Labute approximate surface area is 157 Å². The molecule has 0 N–H and O–H groups in total. The molecule has 0 amide bonds. The number of ketones is 1. The van der Waals surface area contributed by atoms with Crippen LogP contribution in [0.25, 0.3) is 5.57 Å². The SMILES string of the molecule is CCCCCCOC(=O)/C(C#N)=C1/c2ccccc2C(=O)c2cncnc21. The van der Waals surface area contributed by atoms with E-state index in [4.69, 9.17) is 4.74 Å². The molecule has 0 saturated heterocycles. The van der Waals surface area contributed by atoms with Crippen LogP contribution in [0.1, 0.15) is 59.8 Å². The van der Waals surface area contributed by atoms with Crippen molar-refractivity contribution in [1.29, 1.82) is 5.26 Å². The van der Waals surface area contributed by atoms with E-state index in [-0.39, 0.29) is 29.2 Å². The molecule has 0 spiro atoms. The van der Waals surface area contributed by atoms with Crippen LogP contribution in [-0.2, 0) is 9.53 Å². The maximum absolute atomic E-state index is 12.7. The van der Waals surface area contributed by atoms with Crippen molar-refractivity contribution in [2.45, 2.75) is 32.6 Å². The van der Waals surface area contributed by atoms with E-state index < -0.39 is 5.97 Å². The molecule has 0 saturated carbocycles. The molecular formula is C21H19N3O3. The smallest absolute Gasteiger partial charge is 0.349 e. The van der Waals surface area contributed by atoms with Gasteiger partial charge in [0.1, 0.15) is 18.0 Å². The predicted octanol–water partition coefficient (Wildman–Crippen LogP) is 3.47. The molecular weight excluding hydrogens is 342 g/mol. The molecule has 6 nitrogen and oxygen atoms in total. The highest BCUT2D eigenvalue weighted by molar-refractivity contribution is 6.20. The molecule has 27 heavy (non-hydrogen) atoms. The monoisotopic (exact) mass is 361 g/mol. The topological polar surface area (TPSA) is 92.9 Å². The standard InChI is InChI=1S/C21H19N3O3/c1-2-3-4-7-10-27-21(26)16(11-22)18-14-8-5-6-9-15(14)20(25)17-12-23-13-24-19(17)18/h5-6,8-9,12-13H,2-4,7,10H2,1H3/b18-16-. The fourth-order valence-corrected chi connectivity index (χ4v) is 3.09. The van der Waals surface area contributed by atoms with Crippen molar-refractivity contribution in [1.82, 2.24) is 9.97 Å². The quantitative estimate of drug-likeness (QED) is 0.289. The molecule has 136 valence electrons. The minimum atomic E-state index is -0.697. The summed E-state index contributed by atoms with van der Waals surface area (Å²) in [5.41, 5.74) is 1.66. The fourth-order valence-electron chi connectivity index (χ4n) is 3.09. The summed E-state index contributed by atoms with van der Waals surface area (Å²) in [6.45, 7) is 2.36. The van der Waals surface area contributed by atoms with E-state index in [9.17, 15) is 14.9 Å². The van der Waals surface area contributed by atoms with Crippen molar-refractivity contribution in [3.63, 3.8) is 0 Å². The maximum atomic E-state index is 12.7. The number of ether oxygens (including phenoxy) is 1. The van der Waals surface area contributed by atoms with Gasteiger partial charge in [-0.05, 0) is 12.0 Å². The molecule has 1 heterocycles. The average molecular weight is 361 g/mol. The predicted molar refractivity (Wildman–Crippen MR) is 98.6 cm³/mol. The number of benzene rings is 1. The van der Waals surface area contributed by atoms with Gasteiger partial charge in [0.2, 0.25) is 0 Å². The average Bonchev–Trinajstić information content (AvgIpc) is 2.71. The van der Waals surface area contributed by atoms with Crippen LogP contribution in [0.3, 0.4) is 0 Å². The van der Waals surface area contributed by atoms with Crippen molar-refractivity contribution in [2.24, 2.45) is 0 Å². The fraction of sp³-hybridized carbons (Fsp3) is 0.286. The van der Waals surface area contributed by atoms with Crippen LogP contribution in [0.5, 0.6) is 0 Å². The van der Waals surface area contributed by atoms with Crippen molar-refractivity contribution in [2.75, 3.05) is 6.61 Å². The Morgan fingerprint density at radius 2 is 1.93 bits per heavy atom. The first-order chi connectivity index (χ1) is 13.2. The van der Waals surface area contributed by atoms with Crippen LogP contribution in [0, 0.1) is 11.3 Å². The number of hydrogen-bond donors (Lipinski definition) is 0. The first-order valence-electron chi connectivity index (χ1n) is 8.95. The number of unbranched alkanes of at least 4 members (excludes halogenated alkanes) is 3. The molecule has 0 unspecified atom stereocenters. The van der Waals surface area contributed by atoms with E-state index in [2.05, 4.69) is 16.9 Å². The van der Waals surface area contributed by atoms with Crippen LogP contribution in [0.4, 0.5) is 0 Å². The van der Waals surface area contributed by atoms with E-state index in [0.717, 1.165) is 25.7 Å². The van der Waals surface area contributed by atoms with Gasteiger partial charge in [0.15, 0.2) is 5.78 Å². The second kappa shape index (κ2) is 8.37. The molecule has 0 atom stereocenters. The Morgan fingerprint density at radius 3 is 2.67 bits per heavy atom. The zero-order valence-corrected chi connectivity index (χ0v) is 15.1. The second-order valence-electron chi connectivity index (χ2n) is 6.22. The van der Waals surface area contributed by atoms with Gasteiger partial charge in [-0.1, -0.05) is 50.5 Å². The molecule has 1 aromatic heterocycles. The normalized spacial score (nSPS) is 14.0. The molecule has 0 aliphatic heterocycles. The van der Waals surface area contributed by atoms with Gasteiger partial charge >= 0.3 is 5.97 Å². The number of carbonyl (C=O) groups excluding carboxylic acids is 2. The molecule has 3 rings (SSSR count). The largest absolute Gasteiger partial charge is 0.462 e. The van der Waals surface area contributed by atoms with Crippen molar-refractivity contribution < 1.29 is 14.3 Å². The van der Waals surface area contributed by atoms with Gasteiger partial charge in [0, 0.05) is 17.3 Å². The van der Waals surface area contributed by atoms with E-state index >= 15 is 0 Å². The first-order valence-corrected chi connectivity index (χ1v) is 8.95. The lowest BCUT2D eigenvalue weighted by molar-refractivity contribution is -0.138. The van der Waals surface area contributed by atoms with Crippen molar-refractivity contribution in [3.8, 4) is 6.07 Å². The number of aromatic nitrogens is 2. The summed E-state index contributed by atoms with van der Waals surface area (Å²) >= 11 is 0. The maximum Gasteiger partial charge on any atom is 0.349 e. The molecule has 0 radical (unpaired) electrons. The van der Waals surface area contributed by atoms with Gasteiger partial charge in [0.25, 0.3) is 0 Å². The molecule has 0 bridgehead atoms. The Kier molecular flexibility index (Phi) is 5.72. The summed E-state index contributed by atoms with van der Waals surface area (Å²) in [6, 6.07) is 8.82. The lowest BCUT2D eigenvalue weighted by atomic mass is 9.82. The molecule has 2 aromatic rings. The van der Waals surface area contributed by atoms with Crippen LogP contribution < -0.4 is 0 Å². The lowest BCUT2D eigenvalue weighted by Gasteiger charge is -2.20. The summed E-state index contributed by atoms with van der Waals surface area (Å²) in [6.07, 6.45) is 6.58. The van der Waals surface area contributed by atoms with Crippen LogP contribution in [0.15, 0.2) is 42.4 Å². The van der Waals surface area contributed by atoms with Crippen LogP contribution >= 0.6 is 0 Å². The van der Waals surface area contributed by atoms with Gasteiger partial charge in [0.05, 0.1) is 17.9 Å². The number of nitrogens with zero attached hydrogens (tertiary/aromatic N) is 3. The third kappa shape index (κ3) is 3.63. The van der Waals surface area contributed by atoms with Gasteiger partial charge in [-0.3, -0.25) is 4.79 Å². The lowest BCUT2D eigenvalue weighted by Crippen LogP contribution is -2.19. The van der Waals surface area contributed by atoms with Crippen LogP contribution in [-0.4, -0.2) is 28.3 Å². The van der Waals surface area contributed by atoms with Crippen molar-refractivity contribution in [3.05, 3.63) is 64.7 Å². The van der Waals surface area contributed by atoms with E-state index in [0.29, 0.717) is 16.7 Å². The number of hydrogen-bond acceptors (Lipinski definition) is 6. The van der Waals surface area contributed by atoms with Crippen molar-refractivity contribution >= 4 is 17.3 Å². The van der Waals surface area contributed by atoms with Gasteiger partial charge in [-0.2, -0.15) is 5.26 Å². The minimum Gasteiger partial charge on any atom is -0.462 e. The summed E-state index contributed by atoms with van der Waals surface area (Å²) in [5.74, 6) is -0.923. The molecule has 1 aliphatic carbocycles. The van der Waals surface area contributed by atoms with Gasteiger partial charge in [-0.15, -0.1) is 0 Å². The summed E-state index contributed by atoms with van der Waals surface area (Å²) in [4.78, 5) is 33.4. The highest BCUT2D eigenvalue weighted by atomic mass is 16.5. The van der Waals surface area contributed by atoms with Gasteiger partial charge in [-0.25, -0.2) is 14.8 Å². The minimum absolute atomic E-state index is 0.148. The van der Waals surface area contributed by atoms with Crippen LogP contribution in [0.2, 0.25) is 0 Å². The number of esters is 1.